The zero-order valence-electron chi connectivity index (χ0n) is 14.9. The zero-order valence-corrected chi connectivity index (χ0v) is 14.9. The van der Waals surface area contributed by atoms with Crippen LogP contribution in [-0.4, -0.2) is 43.4 Å². The summed E-state index contributed by atoms with van der Waals surface area (Å²) in [5, 5.41) is 9.46. The molecule has 0 aromatic heterocycles. The first-order chi connectivity index (χ1) is 12.2. The summed E-state index contributed by atoms with van der Waals surface area (Å²) in [4.78, 5) is 2.53. The van der Waals surface area contributed by atoms with Gasteiger partial charge in [-0.05, 0) is 67.7 Å². The third-order valence-electron chi connectivity index (χ3n) is 4.65. The summed E-state index contributed by atoms with van der Waals surface area (Å²) in [7, 11) is 1.66. The quantitative estimate of drug-likeness (QED) is 0.762. The zero-order chi connectivity index (χ0) is 17.5. The lowest BCUT2D eigenvalue weighted by molar-refractivity contribution is 0.205. The van der Waals surface area contributed by atoms with E-state index in [1.54, 1.807) is 19.2 Å². The molecule has 1 aliphatic heterocycles. The number of methoxy groups -OCH3 is 1. The molecule has 0 saturated carbocycles. The van der Waals surface area contributed by atoms with Gasteiger partial charge in [0.05, 0.1) is 13.7 Å². The predicted octanol–water partition coefficient (Wildman–Crippen LogP) is 4.32. The van der Waals surface area contributed by atoms with E-state index in [0.717, 1.165) is 35.6 Å². The number of hydrogen-bond donors (Lipinski definition) is 1. The second-order valence-corrected chi connectivity index (χ2v) is 6.55. The molecule has 25 heavy (non-hydrogen) atoms. The number of aromatic hydroxyl groups is 1. The van der Waals surface area contributed by atoms with Gasteiger partial charge in [0.1, 0.15) is 17.2 Å². The summed E-state index contributed by atoms with van der Waals surface area (Å²) in [6.07, 6.45) is 5.06. The van der Waals surface area contributed by atoms with Crippen LogP contribution in [0.25, 0.3) is 11.1 Å². The Hall–Kier alpha value is -2.20. The number of phenols is 1. The van der Waals surface area contributed by atoms with E-state index >= 15 is 0 Å². The van der Waals surface area contributed by atoms with Gasteiger partial charge in [-0.1, -0.05) is 18.6 Å². The van der Waals surface area contributed by atoms with Crippen molar-refractivity contribution in [3.05, 3.63) is 42.5 Å². The van der Waals surface area contributed by atoms with Crippen LogP contribution in [0.15, 0.2) is 42.5 Å². The Kier molecular flexibility index (Phi) is 6.18. The van der Waals surface area contributed by atoms with Crippen molar-refractivity contribution in [3.63, 3.8) is 0 Å². The van der Waals surface area contributed by atoms with Crippen molar-refractivity contribution in [1.82, 2.24) is 4.90 Å². The van der Waals surface area contributed by atoms with Gasteiger partial charge in [0.25, 0.3) is 0 Å². The number of benzene rings is 2. The molecule has 1 fully saturated rings. The fourth-order valence-corrected chi connectivity index (χ4v) is 3.25. The van der Waals surface area contributed by atoms with E-state index in [1.807, 2.05) is 30.3 Å². The lowest BCUT2D eigenvalue weighted by atomic mass is 10.0. The molecular formula is C21H27NO3. The summed E-state index contributed by atoms with van der Waals surface area (Å²) in [5.74, 6) is 1.86. The van der Waals surface area contributed by atoms with Crippen molar-refractivity contribution in [3.8, 4) is 28.4 Å². The van der Waals surface area contributed by atoms with Gasteiger partial charge in [-0.3, -0.25) is 0 Å². The van der Waals surface area contributed by atoms with Crippen molar-refractivity contribution in [2.24, 2.45) is 0 Å². The Bertz CT molecular complexity index is 663. The third kappa shape index (κ3) is 5.13. The normalized spacial score (nSPS) is 15.1. The maximum absolute atomic E-state index is 9.46. The first-order valence-electron chi connectivity index (χ1n) is 9.08. The highest BCUT2D eigenvalue weighted by Gasteiger charge is 2.10. The number of ether oxygens (including phenoxy) is 2. The third-order valence-corrected chi connectivity index (χ3v) is 4.65. The van der Waals surface area contributed by atoms with Crippen LogP contribution in [0.3, 0.4) is 0 Å². The molecule has 0 radical (unpaired) electrons. The molecule has 0 aliphatic carbocycles. The molecule has 1 saturated heterocycles. The van der Waals surface area contributed by atoms with Gasteiger partial charge in [-0.15, -0.1) is 0 Å². The molecular weight excluding hydrogens is 314 g/mol. The summed E-state index contributed by atoms with van der Waals surface area (Å²) >= 11 is 0. The van der Waals surface area contributed by atoms with E-state index in [4.69, 9.17) is 9.47 Å². The van der Waals surface area contributed by atoms with Gasteiger partial charge in [-0.25, -0.2) is 0 Å². The molecule has 3 rings (SSSR count). The molecule has 0 bridgehead atoms. The summed E-state index contributed by atoms with van der Waals surface area (Å²) in [6, 6.07) is 13.1. The first-order valence-corrected chi connectivity index (χ1v) is 9.08. The second kappa shape index (κ2) is 8.77. The Balaban J connectivity index is 1.60. The van der Waals surface area contributed by atoms with E-state index in [0.29, 0.717) is 6.61 Å². The highest BCUT2D eigenvalue weighted by molar-refractivity contribution is 5.67. The van der Waals surface area contributed by atoms with Crippen molar-refractivity contribution in [2.75, 3.05) is 33.4 Å². The maximum Gasteiger partial charge on any atom is 0.123 e. The Morgan fingerprint density at radius 1 is 0.920 bits per heavy atom. The van der Waals surface area contributed by atoms with Crippen LogP contribution in [0.2, 0.25) is 0 Å². The fourth-order valence-electron chi connectivity index (χ4n) is 3.25. The van der Waals surface area contributed by atoms with Crippen molar-refractivity contribution in [2.45, 2.75) is 25.7 Å². The topological polar surface area (TPSA) is 41.9 Å². The SMILES string of the molecule is COc1cc(OCCCN2CCCCC2)cc(-c2ccc(O)cc2)c1. The number of piperidine rings is 1. The van der Waals surface area contributed by atoms with Gasteiger partial charge >= 0.3 is 0 Å². The monoisotopic (exact) mass is 341 g/mol. The lowest BCUT2D eigenvalue weighted by Crippen LogP contribution is -2.31. The number of hydrogen-bond acceptors (Lipinski definition) is 4. The van der Waals surface area contributed by atoms with Gasteiger partial charge in [0.15, 0.2) is 0 Å². The highest BCUT2D eigenvalue weighted by Crippen LogP contribution is 2.30. The van der Waals surface area contributed by atoms with Crippen LogP contribution in [0.1, 0.15) is 25.7 Å². The van der Waals surface area contributed by atoms with Gasteiger partial charge in [0, 0.05) is 12.6 Å². The van der Waals surface area contributed by atoms with E-state index in [2.05, 4.69) is 4.90 Å². The maximum atomic E-state index is 9.46. The summed E-state index contributed by atoms with van der Waals surface area (Å²) in [5.41, 5.74) is 2.04. The number of rotatable bonds is 7. The van der Waals surface area contributed by atoms with Crippen LogP contribution in [0.4, 0.5) is 0 Å². The summed E-state index contributed by atoms with van der Waals surface area (Å²) < 4.78 is 11.4. The Labute approximate surface area is 150 Å². The average Bonchev–Trinajstić information content (AvgIpc) is 2.66. The minimum absolute atomic E-state index is 0.265. The van der Waals surface area contributed by atoms with E-state index < -0.39 is 0 Å². The van der Waals surface area contributed by atoms with Crippen LogP contribution >= 0.6 is 0 Å². The number of nitrogens with zero attached hydrogens (tertiary/aromatic N) is 1. The molecule has 0 amide bonds. The van der Waals surface area contributed by atoms with Crippen molar-refractivity contribution >= 4 is 0 Å². The van der Waals surface area contributed by atoms with Crippen LogP contribution in [0, 0.1) is 0 Å². The number of phenolic OH excluding ortho intramolecular Hbond substituents is 1. The second-order valence-electron chi connectivity index (χ2n) is 6.55. The first kappa shape index (κ1) is 17.6. The molecule has 0 spiro atoms. The molecule has 1 aliphatic rings. The minimum atomic E-state index is 0.265. The lowest BCUT2D eigenvalue weighted by Gasteiger charge is -2.26. The Morgan fingerprint density at radius 3 is 2.36 bits per heavy atom. The minimum Gasteiger partial charge on any atom is -0.508 e. The van der Waals surface area contributed by atoms with Crippen LogP contribution < -0.4 is 9.47 Å². The highest BCUT2D eigenvalue weighted by atomic mass is 16.5. The van der Waals surface area contributed by atoms with Crippen molar-refractivity contribution in [1.29, 1.82) is 0 Å². The fraction of sp³-hybridized carbons (Fsp3) is 0.429. The molecule has 4 nitrogen and oxygen atoms in total. The largest absolute Gasteiger partial charge is 0.508 e. The smallest absolute Gasteiger partial charge is 0.123 e. The molecule has 0 unspecified atom stereocenters. The molecule has 134 valence electrons. The average molecular weight is 341 g/mol. The van der Waals surface area contributed by atoms with Crippen LogP contribution in [0.5, 0.6) is 17.2 Å². The molecule has 1 heterocycles. The van der Waals surface area contributed by atoms with Gasteiger partial charge in [-0.2, -0.15) is 0 Å². The summed E-state index contributed by atoms with van der Waals surface area (Å²) in [6.45, 7) is 4.27. The van der Waals surface area contributed by atoms with Crippen molar-refractivity contribution < 1.29 is 14.6 Å². The molecule has 0 atom stereocenters. The molecule has 2 aromatic rings. The molecule has 4 heteroatoms. The van der Waals surface area contributed by atoms with E-state index in [1.165, 1.54) is 32.4 Å². The molecule has 1 N–H and O–H groups in total. The molecule has 2 aromatic carbocycles. The predicted molar refractivity (Wildman–Crippen MR) is 100 cm³/mol. The Morgan fingerprint density at radius 2 is 1.64 bits per heavy atom. The van der Waals surface area contributed by atoms with Crippen LogP contribution in [-0.2, 0) is 0 Å². The van der Waals surface area contributed by atoms with Gasteiger partial charge in [0.2, 0.25) is 0 Å². The standard InChI is InChI=1S/C21H27NO3/c1-24-20-14-18(17-6-8-19(23)9-7-17)15-21(16-20)25-13-5-12-22-10-3-2-4-11-22/h6-9,14-16,23H,2-5,10-13H2,1H3. The van der Waals surface area contributed by atoms with E-state index in [9.17, 15) is 5.11 Å². The van der Waals surface area contributed by atoms with E-state index in [-0.39, 0.29) is 5.75 Å². The number of likely N-dealkylation sites (tertiary alicyclic amines) is 1. The van der Waals surface area contributed by atoms with Gasteiger partial charge < -0.3 is 19.5 Å².